The Bertz CT molecular complexity index is 1010. The lowest BCUT2D eigenvalue weighted by Gasteiger charge is -2.06. The first kappa shape index (κ1) is 20.2. The fraction of sp³-hybridized carbons (Fsp3) is 0.111. The monoisotopic (exact) mass is 436 g/mol. The molecule has 2 aromatic carbocycles. The predicted octanol–water partition coefficient (Wildman–Crippen LogP) is 5.47. The van der Waals surface area contributed by atoms with E-state index in [-0.39, 0.29) is 17.4 Å². The maximum Gasteiger partial charge on any atom is 0.325 e. The fourth-order valence-electron chi connectivity index (χ4n) is 2.20. The third-order valence-electron chi connectivity index (χ3n) is 3.56. The number of hydrogen-bond acceptors (Lipinski definition) is 6. The second-order valence-electron chi connectivity index (χ2n) is 5.59. The highest BCUT2D eigenvalue weighted by atomic mass is 35.5. The minimum Gasteiger partial charge on any atom is -0.308 e. The van der Waals surface area contributed by atoms with Gasteiger partial charge in [-0.05, 0) is 31.2 Å². The van der Waals surface area contributed by atoms with E-state index in [0.29, 0.717) is 32.1 Å². The molecular formula is C18H14ClFN4O2S2. The molecule has 28 heavy (non-hydrogen) atoms. The number of Topliss-reactive ketones (excluding diaryl/α,β-unsaturated/α-hetero) is 1. The summed E-state index contributed by atoms with van der Waals surface area (Å²) in [5.41, 5.74) is 1.36. The van der Waals surface area contributed by atoms with Crippen LogP contribution in [0.15, 0.2) is 47.6 Å². The van der Waals surface area contributed by atoms with Gasteiger partial charge in [0, 0.05) is 39.1 Å². The van der Waals surface area contributed by atoms with Crippen LogP contribution in [0.3, 0.4) is 0 Å². The molecule has 6 nitrogen and oxygen atoms in total. The number of rotatable bonds is 6. The minimum absolute atomic E-state index is 0.0928. The van der Waals surface area contributed by atoms with Gasteiger partial charge in [-0.3, -0.25) is 10.1 Å². The summed E-state index contributed by atoms with van der Waals surface area (Å²) in [5.74, 6) is -0.211. The molecule has 0 atom stereocenters. The van der Waals surface area contributed by atoms with Crippen molar-refractivity contribution in [2.24, 2.45) is 0 Å². The maximum absolute atomic E-state index is 13.8. The summed E-state index contributed by atoms with van der Waals surface area (Å²) in [7, 11) is 0. The van der Waals surface area contributed by atoms with Gasteiger partial charge in [0.15, 0.2) is 5.78 Å². The first-order chi connectivity index (χ1) is 13.4. The van der Waals surface area contributed by atoms with Crippen molar-refractivity contribution >= 4 is 57.5 Å². The molecular weight excluding hydrogens is 423 g/mol. The molecule has 0 saturated heterocycles. The number of ketones is 1. The van der Waals surface area contributed by atoms with Crippen LogP contribution in [-0.4, -0.2) is 21.2 Å². The van der Waals surface area contributed by atoms with Crippen molar-refractivity contribution in [3.63, 3.8) is 0 Å². The van der Waals surface area contributed by atoms with Gasteiger partial charge in [-0.15, -0.1) is 0 Å². The lowest BCUT2D eigenvalue weighted by atomic mass is 10.1. The smallest absolute Gasteiger partial charge is 0.308 e. The van der Waals surface area contributed by atoms with Crippen molar-refractivity contribution in [2.75, 3.05) is 10.6 Å². The first-order valence-corrected chi connectivity index (χ1v) is 10.1. The van der Waals surface area contributed by atoms with Crippen LogP contribution in [0.2, 0.25) is 5.02 Å². The molecule has 3 aromatic rings. The van der Waals surface area contributed by atoms with E-state index in [1.165, 1.54) is 24.8 Å². The second-order valence-corrected chi connectivity index (χ2v) is 7.69. The highest BCUT2D eigenvalue weighted by Crippen LogP contribution is 2.28. The Labute approximate surface area is 173 Å². The Morgan fingerprint density at radius 2 is 2.00 bits per heavy atom. The zero-order chi connectivity index (χ0) is 20.1. The molecule has 0 aliphatic rings. The summed E-state index contributed by atoms with van der Waals surface area (Å²) >= 11 is 8.22. The molecule has 0 unspecified atom stereocenters. The summed E-state index contributed by atoms with van der Waals surface area (Å²) in [6, 6.07) is 10.6. The number of nitrogens with one attached hydrogen (secondary N) is 2. The van der Waals surface area contributed by atoms with Crippen molar-refractivity contribution in [1.82, 2.24) is 9.36 Å². The van der Waals surface area contributed by atoms with Crippen LogP contribution in [0.1, 0.15) is 22.8 Å². The van der Waals surface area contributed by atoms with E-state index < -0.39 is 6.03 Å². The minimum atomic E-state index is -0.509. The molecule has 1 aromatic heterocycles. The molecule has 2 N–H and O–H groups in total. The van der Waals surface area contributed by atoms with Gasteiger partial charge in [0.25, 0.3) is 0 Å². The fourth-order valence-corrected chi connectivity index (χ4v) is 4.08. The number of aromatic nitrogens is 2. The number of carbonyl (C=O) groups is 2. The van der Waals surface area contributed by atoms with Gasteiger partial charge < -0.3 is 5.32 Å². The normalized spacial score (nSPS) is 10.5. The van der Waals surface area contributed by atoms with Crippen LogP contribution in [0, 0.1) is 5.82 Å². The molecule has 10 heteroatoms. The molecule has 0 bridgehead atoms. The lowest BCUT2D eigenvalue weighted by Crippen LogP contribution is -2.19. The quantitative estimate of drug-likeness (QED) is 0.395. The van der Waals surface area contributed by atoms with E-state index >= 15 is 0 Å². The Morgan fingerprint density at radius 1 is 1.21 bits per heavy atom. The van der Waals surface area contributed by atoms with Crippen LogP contribution >= 0.6 is 34.9 Å². The third-order valence-corrected chi connectivity index (χ3v) is 5.54. The Balaban J connectivity index is 1.57. The van der Waals surface area contributed by atoms with Gasteiger partial charge in [0.1, 0.15) is 5.82 Å². The van der Waals surface area contributed by atoms with Gasteiger partial charge in [0.05, 0.1) is 0 Å². The van der Waals surface area contributed by atoms with Crippen molar-refractivity contribution in [3.05, 3.63) is 64.4 Å². The third kappa shape index (κ3) is 5.28. The molecule has 144 valence electrons. The average molecular weight is 437 g/mol. The van der Waals surface area contributed by atoms with Crippen LogP contribution in [0.25, 0.3) is 0 Å². The summed E-state index contributed by atoms with van der Waals surface area (Å²) in [5, 5.41) is 6.24. The molecule has 0 fully saturated rings. The van der Waals surface area contributed by atoms with E-state index in [9.17, 15) is 14.0 Å². The van der Waals surface area contributed by atoms with Crippen LogP contribution < -0.4 is 10.6 Å². The first-order valence-electron chi connectivity index (χ1n) is 8.01. The summed E-state index contributed by atoms with van der Waals surface area (Å²) in [6.07, 6.45) is 0. The zero-order valence-electron chi connectivity index (χ0n) is 14.5. The number of anilines is 2. The SMILES string of the molecule is CC(=O)c1cccc(NC(=O)Nc2nc(SCc3c(F)cccc3Cl)ns2)c1. The number of benzene rings is 2. The van der Waals surface area contributed by atoms with Gasteiger partial charge in [-0.1, -0.05) is 41.6 Å². The topological polar surface area (TPSA) is 84.0 Å². The number of carbonyl (C=O) groups excluding carboxylic acids is 2. The summed E-state index contributed by atoms with van der Waals surface area (Å²) < 4.78 is 17.9. The second kappa shape index (κ2) is 9.13. The molecule has 0 saturated carbocycles. The van der Waals surface area contributed by atoms with Crippen molar-refractivity contribution < 1.29 is 14.0 Å². The predicted molar refractivity (Wildman–Crippen MR) is 110 cm³/mol. The van der Waals surface area contributed by atoms with Crippen LogP contribution in [-0.2, 0) is 5.75 Å². The van der Waals surface area contributed by atoms with Crippen molar-refractivity contribution in [1.29, 1.82) is 0 Å². The lowest BCUT2D eigenvalue weighted by molar-refractivity contribution is 0.101. The Hall–Kier alpha value is -2.49. The summed E-state index contributed by atoms with van der Waals surface area (Å²) in [4.78, 5) is 27.7. The molecule has 0 aliphatic heterocycles. The van der Waals surface area contributed by atoms with E-state index in [4.69, 9.17) is 11.6 Å². The molecule has 1 heterocycles. The van der Waals surface area contributed by atoms with E-state index in [1.807, 2.05) is 0 Å². The van der Waals surface area contributed by atoms with Gasteiger partial charge >= 0.3 is 6.03 Å². The molecule has 0 aliphatic carbocycles. The van der Waals surface area contributed by atoms with Crippen molar-refractivity contribution in [3.8, 4) is 0 Å². The number of urea groups is 1. The van der Waals surface area contributed by atoms with Crippen molar-refractivity contribution in [2.45, 2.75) is 17.8 Å². The Kier molecular flexibility index (Phi) is 6.61. The van der Waals surface area contributed by atoms with E-state index in [1.54, 1.807) is 36.4 Å². The summed E-state index contributed by atoms with van der Waals surface area (Å²) in [6.45, 7) is 1.45. The van der Waals surface area contributed by atoms with E-state index in [0.717, 1.165) is 11.5 Å². The highest BCUT2D eigenvalue weighted by Gasteiger charge is 2.12. The largest absolute Gasteiger partial charge is 0.325 e. The van der Waals surface area contributed by atoms with Gasteiger partial charge in [0.2, 0.25) is 10.3 Å². The highest BCUT2D eigenvalue weighted by molar-refractivity contribution is 7.98. The maximum atomic E-state index is 13.8. The van der Waals surface area contributed by atoms with Crippen LogP contribution in [0.5, 0.6) is 0 Å². The number of amides is 2. The Morgan fingerprint density at radius 3 is 2.75 bits per heavy atom. The molecule has 2 amide bonds. The number of halogens is 2. The van der Waals surface area contributed by atoms with E-state index in [2.05, 4.69) is 20.0 Å². The molecule has 3 rings (SSSR count). The number of thioether (sulfide) groups is 1. The van der Waals surface area contributed by atoms with Gasteiger partial charge in [-0.25, -0.2) is 9.18 Å². The molecule has 0 spiro atoms. The van der Waals surface area contributed by atoms with Gasteiger partial charge in [-0.2, -0.15) is 9.36 Å². The standard InChI is InChI=1S/C18H14ClFN4O2S2/c1-10(25)11-4-2-5-12(8-11)21-16(26)22-17-23-18(24-28-17)27-9-13-14(19)6-3-7-15(13)20/h2-8H,9H2,1H3,(H2,21,22,23,24,26). The molecule has 0 radical (unpaired) electrons. The number of nitrogens with zero attached hydrogens (tertiary/aromatic N) is 2. The zero-order valence-corrected chi connectivity index (χ0v) is 16.9. The average Bonchev–Trinajstić information content (AvgIpc) is 3.08. The van der Waals surface area contributed by atoms with Crippen LogP contribution in [0.4, 0.5) is 20.0 Å². The number of hydrogen-bond donors (Lipinski definition) is 2.